The molecule has 1 aliphatic rings. The molecule has 5 nitrogen and oxygen atoms in total. The number of hydrogen-bond donors (Lipinski definition) is 1. The Balaban J connectivity index is 2.37. The Morgan fingerprint density at radius 2 is 2.29 bits per heavy atom. The normalized spacial score (nSPS) is 19.3. The number of anilines is 1. The minimum absolute atomic E-state index is 0.215. The van der Waals surface area contributed by atoms with Gasteiger partial charge in [0.1, 0.15) is 17.2 Å². The molecule has 2 heterocycles. The summed E-state index contributed by atoms with van der Waals surface area (Å²) in [5, 5.41) is 0.308. The average molecular weight is 253 g/mol. The van der Waals surface area contributed by atoms with Gasteiger partial charge in [-0.25, -0.2) is 14.8 Å². The lowest BCUT2D eigenvalue weighted by atomic mass is 10.2. The van der Waals surface area contributed by atoms with Crippen molar-refractivity contribution in [3.8, 4) is 0 Å². The van der Waals surface area contributed by atoms with E-state index in [9.17, 15) is 4.79 Å². The van der Waals surface area contributed by atoms with E-state index in [0.717, 1.165) is 18.0 Å². The summed E-state index contributed by atoms with van der Waals surface area (Å²) in [5.41, 5.74) is 6.67. The highest BCUT2D eigenvalue weighted by atomic mass is 32.2. The third-order valence-electron chi connectivity index (χ3n) is 2.74. The fourth-order valence-electron chi connectivity index (χ4n) is 1.90. The van der Waals surface area contributed by atoms with Crippen LogP contribution in [0.1, 0.15) is 40.0 Å². The molecule has 2 N–H and O–H groups in total. The minimum atomic E-state index is -0.481. The van der Waals surface area contributed by atoms with Crippen molar-refractivity contribution in [1.82, 2.24) is 9.97 Å². The van der Waals surface area contributed by atoms with Gasteiger partial charge in [0.25, 0.3) is 0 Å². The Bertz CT molecular complexity index is 421. The number of carbonyl (C=O) groups excluding carboxylic acids is 1. The highest BCUT2D eigenvalue weighted by molar-refractivity contribution is 7.99. The van der Waals surface area contributed by atoms with E-state index in [2.05, 4.69) is 14.7 Å². The van der Waals surface area contributed by atoms with E-state index in [1.54, 1.807) is 6.92 Å². The molecule has 0 amide bonds. The van der Waals surface area contributed by atoms with Crippen molar-refractivity contribution in [2.45, 2.75) is 25.0 Å². The molecule has 2 rings (SSSR count). The maximum atomic E-state index is 11.5. The zero-order valence-electron chi connectivity index (χ0n) is 9.90. The molecule has 0 saturated carbocycles. The van der Waals surface area contributed by atoms with Gasteiger partial charge in [-0.3, -0.25) is 0 Å². The Morgan fingerprint density at radius 1 is 1.53 bits per heavy atom. The first-order valence-electron chi connectivity index (χ1n) is 5.47. The molecule has 1 aliphatic heterocycles. The summed E-state index contributed by atoms with van der Waals surface area (Å²) < 4.78 is 4.66. The third-order valence-corrected chi connectivity index (χ3v) is 4.12. The van der Waals surface area contributed by atoms with Gasteiger partial charge >= 0.3 is 5.97 Å². The van der Waals surface area contributed by atoms with Crippen molar-refractivity contribution >= 4 is 23.5 Å². The lowest BCUT2D eigenvalue weighted by Crippen LogP contribution is -2.14. The van der Waals surface area contributed by atoms with Crippen molar-refractivity contribution in [3.63, 3.8) is 0 Å². The first-order chi connectivity index (χ1) is 8.13. The number of hydrogen-bond acceptors (Lipinski definition) is 6. The molecule has 6 heteroatoms. The number of ether oxygens (including phenoxy) is 1. The fourth-order valence-corrected chi connectivity index (χ4v) is 3.10. The maximum Gasteiger partial charge on any atom is 0.343 e. The van der Waals surface area contributed by atoms with Crippen LogP contribution in [-0.2, 0) is 4.74 Å². The highest BCUT2D eigenvalue weighted by Gasteiger charge is 2.24. The lowest BCUT2D eigenvalue weighted by Gasteiger charge is -2.11. The average Bonchev–Trinajstić information content (AvgIpc) is 2.81. The van der Waals surface area contributed by atoms with Gasteiger partial charge in [0.15, 0.2) is 0 Å². The molecular weight excluding hydrogens is 238 g/mol. The van der Waals surface area contributed by atoms with Crippen LogP contribution < -0.4 is 5.73 Å². The first kappa shape index (κ1) is 12.2. The standard InChI is InChI=1S/C11H15N3O2S/c1-6-8(11(15)16-2)9(12)14-10(13-6)7-4-3-5-17-7/h7H,3-5H2,1-2H3,(H2,12,13,14). The molecule has 1 aromatic heterocycles. The third kappa shape index (κ3) is 2.36. The summed E-state index contributed by atoms with van der Waals surface area (Å²) >= 11 is 1.84. The lowest BCUT2D eigenvalue weighted by molar-refractivity contribution is 0.0600. The summed E-state index contributed by atoms with van der Waals surface area (Å²) in [6.07, 6.45) is 2.25. The molecule has 17 heavy (non-hydrogen) atoms. The fraction of sp³-hybridized carbons (Fsp3) is 0.545. The molecule has 1 aromatic rings. The van der Waals surface area contributed by atoms with E-state index in [-0.39, 0.29) is 11.4 Å². The molecule has 1 saturated heterocycles. The smallest absolute Gasteiger partial charge is 0.343 e. The monoisotopic (exact) mass is 253 g/mol. The van der Waals surface area contributed by atoms with Gasteiger partial charge in [-0.2, -0.15) is 11.8 Å². The van der Waals surface area contributed by atoms with Crippen molar-refractivity contribution < 1.29 is 9.53 Å². The minimum Gasteiger partial charge on any atom is -0.465 e. The van der Waals surface area contributed by atoms with Crippen LogP contribution in [0.3, 0.4) is 0 Å². The molecule has 0 bridgehead atoms. The second-order valence-electron chi connectivity index (χ2n) is 3.92. The number of thioether (sulfide) groups is 1. The Hall–Kier alpha value is -1.30. The van der Waals surface area contributed by atoms with Gasteiger partial charge in [0, 0.05) is 0 Å². The van der Waals surface area contributed by atoms with E-state index in [0.29, 0.717) is 10.9 Å². The van der Waals surface area contributed by atoms with Crippen LogP contribution >= 0.6 is 11.8 Å². The van der Waals surface area contributed by atoms with Crippen molar-refractivity contribution in [2.75, 3.05) is 18.6 Å². The highest BCUT2D eigenvalue weighted by Crippen LogP contribution is 2.38. The number of esters is 1. The molecule has 1 atom stereocenters. The van der Waals surface area contributed by atoms with E-state index in [4.69, 9.17) is 5.73 Å². The van der Waals surface area contributed by atoms with Crippen LogP contribution in [0.4, 0.5) is 5.82 Å². The maximum absolute atomic E-state index is 11.5. The number of nitrogens with zero attached hydrogens (tertiary/aromatic N) is 2. The Kier molecular flexibility index (Phi) is 3.51. The summed E-state index contributed by atoms with van der Waals surface area (Å²) in [6, 6.07) is 0. The van der Waals surface area contributed by atoms with E-state index >= 15 is 0 Å². The van der Waals surface area contributed by atoms with Gasteiger partial charge in [-0.1, -0.05) is 0 Å². The predicted molar refractivity (Wildman–Crippen MR) is 67.0 cm³/mol. The largest absolute Gasteiger partial charge is 0.465 e. The topological polar surface area (TPSA) is 78.1 Å². The summed E-state index contributed by atoms with van der Waals surface area (Å²) in [7, 11) is 1.32. The van der Waals surface area contributed by atoms with Crippen LogP contribution in [0.15, 0.2) is 0 Å². The van der Waals surface area contributed by atoms with E-state index in [1.807, 2.05) is 11.8 Å². The van der Waals surface area contributed by atoms with E-state index in [1.165, 1.54) is 13.5 Å². The van der Waals surface area contributed by atoms with E-state index < -0.39 is 5.97 Å². The quantitative estimate of drug-likeness (QED) is 0.809. The first-order valence-corrected chi connectivity index (χ1v) is 6.52. The summed E-state index contributed by atoms with van der Waals surface area (Å²) in [6.45, 7) is 1.76. The van der Waals surface area contributed by atoms with Gasteiger partial charge in [-0.05, 0) is 25.5 Å². The number of rotatable bonds is 2. The van der Waals surface area contributed by atoms with Crippen LogP contribution in [0.25, 0.3) is 0 Å². The molecule has 1 unspecified atom stereocenters. The second kappa shape index (κ2) is 4.91. The zero-order chi connectivity index (χ0) is 12.4. The van der Waals surface area contributed by atoms with Gasteiger partial charge < -0.3 is 10.5 Å². The number of aryl methyl sites for hydroxylation is 1. The number of aromatic nitrogens is 2. The van der Waals surface area contributed by atoms with Gasteiger partial charge in [0.2, 0.25) is 0 Å². The van der Waals surface area contributed by atoms with Crippen molar-refractivity contribution in [3.05, 3.63) is 17.1 Å². The van der Waals surface area contributed by atoms with Crippen molar-refractivity contribution in [2.24, 2.45) is 0 Å². The summed E-state index contributed by atoms with van der Waals surface area (Å²) in [4.78, 5) is 20.1. The van der Waals surface area contributed by atoms with Crippen molar-refractivity contribution in [1.29, 1.82) is 0 Å². The molecular formula is C11H15N3O2S. The SMILES string of the molecule is COC(=O)c1c(C)nc(C2CCCS2)nc1N. The Labute approximate surface area is 104 Å². The predicted octanol–water partition coefficient (Wildman–Crippen LogP) is 1.72. The van der Waals surface area contributed by atoms with Crippen LogP contribution in [0.2, 0.25) is 0 Å². The van der Waals surface area contributed by atoms with Crippen LogP contribution in [-0.4, -0.2) is 28.8 Å². The molecule has 1 fully saturated rings. The number of carbonyl (C=O) groups is 1. The second-order valence-corrected chi connectivity index (χ2v) is 5.23. The van der Waals surface area contributed by atoms with Gasteiger partial charge in [-0.15, -0.1) is 0 Å². The number of nitrogen functional groups attached to an aromatic ring is 1. The Morgan fingerprint density at radius 3 is 2.82 bits per heavy atom. The molecule has 0 aliphatic carbocycles. The summed E-state index contributed by atoms with van der Waals surface area (Å²) in [5.74, 6) is 1.60. The molecule has 0 aromatic carbocycles. The number of methoxy groups -OCH3 is 1. The zero-order valence-corrected chi connectivity index (χ0v) is 10.7. The molecule has 92 valence electrons. The van der Waals surface area contributed by atoms with Crippen LogP contribution in [0, 0.1) is 6.92 Å². The molecule has 0 radical (unpaired) electrons. The van der Waals surface area contributed by atoms with Gasteiger partial charge in [0.05, 0.1) is 18.1 Å². The molecule has 0 spiro atoms. The number of nitrogens with two attached hydrogens (primary N) is 1. The van der Waals surface area contributed by atoms with Crippen LogP contribution in [0.5, 0.6) is 0 Å².